The number of aromatic hydroxyl groups is 1. The molecule has 5 atom stereocenters. The standard InChI is InChI=1S/C31H42N6O6/c1-20-16-26(28(41)35-23(19-38)8-5-15-34-31(32)33)37(18-20)30(43)25(14-11-21-6-3-2-4-7-21)36-29(42)27(40)17-22-9-12-24(39)13-10-22/h2-4,6-7,9-10,12-13,19-20,23,25-27,39-40H,5,8,11,14-18H2,1H3,(H,35,41)(H,36,42)(H4,32,33,34)/t20-,23+,25+,26-,27+/m0/s1. The maximum absolute atomic E-state index is 13.9. The van der Waals surface area contributed by atoms with E-state index in [0.29, 0.717) is 50.6 Å². The highest BCUT2D eigenvalue weighted by Gasteiger charge is 2.41. The predicted octanol–water partition coefficient (Wildman–Crippen LogP) is 0.388. The third kappa shape index (κ3) is 10.4. The van der Waals surface area contributed by atoms with Crippen LogP contribution in [0.15, 0.2) is 59.6 Å². The van der Waals surface area contributed by atoms with E-state index in [1.165, 1.54) is 17.0 Å². The van der Waals surface area contributed by atoms with E-state index in [-0.39, 0.29) is 30.5 Å². The number of phenols is 1. The number of phenolic OH excluding ortho intramolecular Hbond substituents is 1. The average Bonchev–Trinajstić information content (AvgIpc) is 3.39. The van der Waals surface area contributed by atoms with Crippen molar-refractivity contribution in [3.8, 4) is 5.75 Å². The molecule has 1 aliphatic heterocycles. The molecule has 232 valence electrons. The van der Waals surface area contributed by atoms with E-state index in [4.69, 9.17) is 11.5 Å². The zero-order valence-corrected chi connectivity index (χ0v) is 24.4. The number of hydrogen-bond acceptors (Lipinski definition) is 7. The summed E-state index contributed by atoms with van der Waals surface area (Å²) in [4.78, 5) is 57.3. The van der Waals surface area contributed by atoms with E-state index < -0.39 is 42.0 Å². The van der Waals surface area contributed by atoms with Gasteiger partial charge in [-0.15, -0.1) is 0 Å². The lowest BCUT2D eigenvalue weighted by Crippen LogP contribution is -2.56. The van der Waals surface area contributed by atoms with Crippen LogP contribution in [0.4, 0.5) is 0 Å². The molecule has 3 rings (SSSR count). The third-order valence-corrected chi connectivity index (χ3v) is 7.40. The van der Waals surface area contributed by atoms with Crippen LogP contribution in [0.3, 0.4) is 0 Å². The predicted molar refractivity (Wildman–Crippen MR) is 162 cm³/mol. The summed E-state index contributed by atoms with van der Waals surface area (Å²) in [7, 11) is 0. The first kappa shape index (κ1) is 33.1. The van der Waals surface area contributed by atoms with Crippen LogP contribution in [0.5, 0.6) is 5.75 Å². The summed E-state index contributed by atoms with van der Waals surface area (Å²) < 4.78 is 0. The Balaban J connectivity index is 1.72. The van der Waals surface area contributed by atoms with Crippen LogP contribution in [0.1, 0.15) is 43.7 Å². The van der Waals surface area contributed by atoms with E-state index in [2.05, 4.69) is 15.6 Å². The Morgan fingerprint density at radius 2 is 1.74 bits per heavy atom. The number of nitrogens with one attached hydrogen (secondary N) is 2. The summed E-state index contributed by atoms with van der Waals surface area (Å²) >= 11 is 0. The van der Waals surface area contributed by atoms with Gasteiger partial charge in [0.1, 0.15) is 30.2 Å². The molecule has 0 saturated carbocycles. The number of carbonyl (C=O) groups is 4. The fourth-order valence-corrected chi connectivity index (χ4v) is 5.14. The summed E-state index contributed by atoms with van der Waals surface area (Å²) in [6.45, 7) is 2.55. The van der Waals surface area contributed by atoms with Gasteiger partial charge in [0.2, 0.25) is 17.7 Å². The van der Waals surface area contributed by atoms with Gasteiger partial charge in [0.05, 0.1) is 6.04 Å². The monoisotopic (exact) mass is 594 g/mol. The first-order valence-corrected chi connectivity index (χ1v) is 14.5. The van der Waals surface area contributed by atoms with Gasteiger partial charge >= 0.3 is 0 Å². The molecule has 1 saturated heterocycles. The number of aryl methyl sites for hydroxylation is 1. The number of nitrogens with zero attached hydrogens (tertiary/aromatic N) is 2. The number of nitrogens with two attached hydrogens (primary N) is 2. The first-order valence-electron chi connectivity index (χ1n) is 14.5. The van der Waals surface area contributed by atoms with E-state index in [0.717, 1.165) is 5.56 Å². The maximum atomic E-state index is 13.9. The van der Waals surface area contributed by atoms with E-state index in [1.54, 1.807) is 12.1 Å². The lowest BCUT2D eigenvalue weighted by molar-refractivity contribution is -0.143. The molecule has 1 aliphatic rings. The van der Waals surface area contributed by atoms with Gasteiger partial charge in [-0.25, -0.2) is 0 Å². The number of guanidine groups is 1. The smallest absolute Gasteiger partial charge is 0.249 e. The second-order valence-electron chi connectivity index (χ2n) is 11.0. The number of aldehydes is 1. The van der Waals surface area contributed by atoms with Crippen molar-refractivity contribution in [3.63, 3.8) is 0 Å². The lowest BCUT2D eigenvalue weighted by Gasteiger charge is -2.30. The number of likely N-dealkylation sites (tertiary alicyclic amines) is 1. The van der Waals surface area contributed by atoms with E-state index in [1.807, 2.05) is 37.3 Å². The van der Waals surface area contributed by atoms with E-state index >= 15 is 0 Å². The Morgan fingerprint density at radius 1 is 1.05 bits per heavy atom. The van der Waals surface area contributed by atoms with Gasteiger partial charge in [-0.3, -0.25) is 19.4 Å². The Morgan fingerprint density at radius 3 is 2.40 bits per heavy atom. The highest BCUT2D eigenvalue weighted by atomic mass is 16.3. The molecular formula is C31H42N6O6. The molecule has 0 radical (unpaired) electrons. The third-order valence-electron chi connectivity index (χ3n) is 7.40. The molecule has 1 fully saturated rings. The Labute approximate surface area is 251 Å². The second kappa shape index (κ2) is 16.3. The summed E-state index contributed by atoms with van der Waals surface area (Å²) in [6.07, 6.45) is 1.16. The van der Waals surface area contributed by atoms with Gasteiger partial charge in [0.15, 0.2) is 5.96 Å². The largest absolute Gasteiger partial charge is 0.508 e. The van der Waals surface area contributed by atoms with Crippen LogP contribution in [0, 0.1) is 5.92 Å². The van der Waals surface area contributed by atoms with Crippen molar-refractivity contribution in [1.29, 1.82) is 0 Å². The van der Waals surface area contributed by atoms with Crippen molar-refractivity contribution >= 4 is 30.0 Å². The molecule has 1 heterocycles. The zero-order chi connectivity index (χ0) is 31.4. The molecule has 2 aromatic carbocycles. The van der Waals surface area contributed by atoms with Crippen molar-refractivity contribution < 1.29 is 29.4 Å². The molecule has 12 nitrogen and oxygen atoms in total. The topological polar surface area (TPSA) is 200 Å². The SMILES string of the molecule is C[C@H]1C[C@@H](C(=O)N[C@@H](C=O)CCCN=C(N)N)N(C(=O)[C@@H](CCc2ccccc2)NC(=O)[C@H](O)Cc2ccc(O)cc2)C1. The van der Waals surface area contributed by atoms with Crippen molar-refractivity contribution in [1.82, 2.24) is 15.5 Å². The Bertz CT molecular complexity index is 1250. The number of carbonyl (C=O) groups excluding carboxylic acids is 4. The minimum absolute atomic E-state index is 0.00619. The molecule has 0 spiro atoms. The maximum Gasteiger partial charge on any atom is 0.249 e. The first-order chi connectivity index (χ1) is 20.6. The van der Waals surface area contributed by atoms with E-state index in [9.17, 15) is 29.4 Å². The number of benzene rings is 2. The molecule has 2 aromatic rings. The number of amides is 3. The molecule has 0 bridgehead atoms. The normalized spacial score (nSPS) is 18.2. The number of aliphatic hydroxyl groups excluding tert-OH is 1. The summed E-state index contributed by atoms with van der Waals surface area (Å²) in [5.74, 6) is -1.56. The van der Waals surface area contributed by atoms with Gasteiger partial charge in [-0.1, -0.05) is 49.4 Å². The van der Waals surface area contributed by atoms with Crippen LogP contribution in [0.2, 0.25) is 0 Å². The minimum atomic E-state index is -1.43. The highest BCUT2D eigenvalue weighted by molar-refractivity contribution is 5.94. The number of aliphatic imine (C=N–C) groups is 1. The van der Waals surface area contributed by atoms with Crippen LogP contribution < -0.4 is 22.1 Å². The van der Waals surface area contributed by atoms with Crippen LogP contribution in [0.25, 0.3) is 0 Å². The second-order valence-corrected chi connectivity index (χ2v) is 11.0. The van der Waals surface area contributed by atoms with Gasteiger partial charge < -0.3 is 42.0 Å². The number of rotatable bonds is 15. The van der Waals surface area contributed by atoms with Gasteiger partial charge in [0, 0.05) is 19.5 Å². The summed E-state index contributed by atoms with van der Waals surface area (Å²) in [5.41, 5.74) is 12.3. The zero-order valence-electron chi connectivity index (χ0n) is 24.4. The minimum Gasteiger partial charge on any atom is -0.508 e. The van der Waals surface area contributed by atoms with Gasteiger partial charge in [-0.05, 0) is 61.3 Å². The summed E-state index contributed by atoms with van der Waals surface area (Å²) in [5, 5.41) is 25.6. The molecule has 43 heavy (non-hydrogen) atoms. The van der Waals surface area contributed by atoms with Crippen molar-refractivity contribution in [2.45, 2.75) is 69.7 Å². The van der Waals surface area contributed by atoms with Gasteiger partial charge in [0.25, 0.3) is 0 Å². The molecular weight excluding hydrogens is 552 g/mol. The number of hydrogen-bond donors (Lipinski definition) is 6. The molecule has 0 aliphatic carbocycles. The van der Waals surface area contributed by atoms with Crippen molar-refractivity contribution in [2.24, 2.45) is 22.4 Å². The fraction of sp³-hybridized carbons (Fsp3) is 0.452. The van der Waals surface area contributed by atoms with Crippen molar-refractivity contribution in [2.75, 3.05) is 13.1 Å². The highest BCUT2D eigenvalue weighted by Crippen LogP contribution is 2.25. The van der Waals surface area contributed by atoms with Crippen molar-refractivity contribution in [3.05, 3.63) is 65.7 Å². The molecule has 8 N–H and O–H groups in total. The Hall–Kier alpha value is -4.45. The van der Waals surface area contributed by atoms with Gasteiger partial charge in [-0.2, -0.15) is 0 Å². The van der Waals surface area contributed by atoms with Crippen LogP contribution >= 0.6 is 0 Å². The molecule has 0 aromatic heterocycles. The Kier molecular flexibility index (Phi) is 12.5. The fourth-order valence-electron chi connectivity index (χ4n) is 5.14. The van der Waals surface area contributed by atoms with Crippen LogP contribution in [-0.2, 0) is 32.0 Å². The van der Waals surface area contributed by atoms with Crippen LogP contribution in [-0.4, -0.2) is 82.4 Å². The lowest BCUT2D eigenvalue weighted by atomic mass is 10.0. The molecule has 0 unspecified atom stereocenters. The summed E-state index contributed by atoms with van der Waals surface area (Å²) in [6, 6.07) is 13.0. The molecule has 3 amide bonds. The number of aliphatic hydroxyl groups is 1. The quantitative estimate of drug-likeness (QED) is 0.0735. The molecule has 12 heteroatoms. The average molecular weight is 595 g/mol.